The number of rotatable bonds is 5. The number of aromatic hydroxyl groups is 1. The van der Waals surface area contributed by atoms with Crippen molar-refractivity contribution >= 4 is 0 Å². The van der Waals surface area contributed by atoms with Crippen LogP contribution >= 0.6 is 0 Å². The lowest BCUT2D eigenvalue weighted by Gasteiger charge is -2.21. The summed E-state index contributed by atoms with van der Waals surface area (Å²) in [6.45, 7) is 3.34. The standard InChI is InChI=1S/C17H26N2O2/c1-13-11-16(20)17(21)15(12-18(2)3)19(13)10-9-14-7-5-4-6-8-14/h7,11,21H,4-6,8-10,12H2,1-3H3. The molecule has 0 radical (unpaired) electrons. The van der Waals surface area contributed by atoms with Crippen molar-refractivity contribution in [1.82, 2.24) is 9.47 Å². The highest BCUT2D eigenvalue weighted by molar-refractivity contribution is 5.30. The van der Waals surface area contributed by atoms with Crippen LogP contribution < -0.4 is 5.43 Å². The van der Waals surface area contributed by atoms with Gasteiger partial charge in [0.05, 0.1) is 5.69 Å². The zero-order chi connectivity index (χ0) is 15.4. The Morgan fingerprint density at radius 1 is 1.33 bits per heavy atom. The lowest BCUT2D eigenvalue weighted by molar-refractivity contribution is 0.361. The first-order chi connectivity index (χ1) is 9.99. The quantitative estimate of drug-likeness (QED) is 0.848. The second-order valence-corrected chi connectivity index (χ2v) is 6.19. The molecule has 0 saturated carbocycles. The molecule has 116 valence electrons. The van der Waals surface area contributed by atoms with Gasteiger partial charge in [0.25, 0.3) is 0 Å². The third-order valence-corrected chi connectivity index (χ3v) is 4.11. The molecule has 1 aromatic rings. The highest BCUT2D eigenvalue weighted by Crippen LogP contribution is 2.23. The number of allylic oxidation sites excluding steroid dienone is 2. The van der Waals surface area contributed by atoms with Crippen molar-refractivity contribution in [1.29, 1.82) is 0 Å². The molecule has 0 unspecified atom stereocenters. The van der Waals surface area contributed by atoms with Gasteiger partial charge in [-0.15, -0.1) is 0 Å². The van der Waals surface area contributed by atoms with Crippen LogP contribution in [0, 0.1) is 6.92 Å². The molecular weight excluding hydrogens is 264 g/mol. The Hall–Kier alpha value is -1.55. The molecule has 4 heteroatoms. The number of aromatic nitrogens is 1. The Labute approximate surface area is 126 Å². The van der Waals surface area contributed by atoms with E-state index in [0.717, 1.165) is 24.4 Å². The van der Waals surface area contributed by atoms with Crippen LogP contribution in [0.5, 0.6) is 5.75 Å². The van der Waals surface area contributed by atoms with E-state index in [-0.39, 0.29) is 11.2 Å². The van der Waals surface area contributed by atoms with Gasteiger partial charge in [-0.25, -0.2) is 0 Å². The number of hydrogen-bond donors (Lipinski definition) is 1. The molecule has 4 nitrogen and oxygen atoms in total. The molecule has 0 aliphatic heterocycles. The first-order valence-corrected chi connectivity index (χ1v) is 7.74. The molecule has 0 fully saturated rings. The summed E-state index contributed by atoms with van der Waals surface area (Å²) < 4.78 is 2.09. The van der Waals surface area contributed by atoms with Gasteiger partial charge in [0.1, 0.15) is 0 Å². The van der Waals surface area contributed by atoms with Crippen LogP contribution in [0.25, 0.3) is 0 Å². The largest absolute Gasteiger partial charge is 0.503 e. The van der Waals surface area contributed by atoms with E-state index in [1.807, 2.05) is 25.9 Å². The third-order valence-electron chi connectivity index (χ3n) is 4.11. The fourth-order valence-electron chi connectivity index (χ4n) is 2.98. The average Bonchev–Trinajstić information content (AvgIpc) is 2.44. The molecule has 1 aromatic heterocycles. The van der Waals surface area contributed by atoms with Gasteiger partial charge in [-0.05, 0) is 53.1 Å². The van der Waals surface area contributed by atoms with Gasteiger partial charge >= 0.3 is 0 Å². The maximum absolute atomic E-state index is 11.8. The van der Waals surface area contributed by atoms with Crippen LogP contribution in [-0.2, 0) is 13.1 Å². The SMILES string of the molecule is Cc1cc(=O)c(O)c(CN(C)C)n1CCC1=CCCCC1. The second kappa shape index (κ2) is 6.94. The van der Waals surface area contributed by atoms with E-state index >= 15 is 0 Å². The van der Waals surface area contributed by atoms with Crippen molar-refractivity contribution in [2.24, 2.45) is 0 Å². The highest BCUT2D eigenvalue weighted by atomic mass is 16.3. The first kappa shape index (κ1) is 15.8. The topological polar surface area (TPSA) is 45.5 Å². The fraction of sp³-hybridized carbons (Fsp3) is 0.588. The second-order valence-electron chi connectivity index (χ2n) is 6.19. The predicted octanol–water partition coefficient (Wildman–Crippen LogP) is 2.81. The molecule has 0 spiro atoms. The van der Waals surface area contributed by atoms with Crippen LogP contribution in [0.1, 0.15) is 43.5 Å². The smallest absolute Gasteiger partial charge is 0.223 e. The van der Waals surface area contributed by atoms with Gasteiger partial charge in [-0.2, -0.15) is 0 Å². The van der Waals surface area contributed by atoms with Gasteiger partial charge in [0.15, 0.2) is 5.75 Å². The van der Waals surface area contributed by atoms with Crippen molar-refractivity contribution < 1.29 is 5.11 Å². The Kier molecular flexibility index (Phi) is 5.23. The van der Waals surface area contributed by atoms with E-state index in [1.54, 1.807) is 0 Å². The van der Waals surface area contributed by atoms with Crippen LogP contribution in [0.3, 0.4) is 0 Å². The Morgan fingerprint density at radius 2 is 2.10 bits per heavy atom. The normalized spacial score (nSPS) is 15.3. The van der Waals surface area contributed by atoms with E-state index in [1.165, 1.54) is 37.3 Å². The number of nitrogens with zero attached hydrogens (tertiary/aromatic N) is 2. The summed E-state index contributed by atoms with van der Waals surface area (Å²) in [5.41, 5.74) is 2.87. The monoisotopic (exact) mass is 290 g/mol. The molecule has 0 amide bonds. The maximum atomic E-state index is 11.8. The lowest BCUT2D eigenvalue weighted by Crippen LogP contribution is -2.22. The minimum Gasteiger partial charge on any atom is -0.503 e. The van der Waals surface area contributed by atoms with Crippen LogP contribution in [0.2, 0.25) is 0 Å². The molecule has 0 saturated heterocycles. The number of aryl methyl sites for hydroxylation is 1. The number of hydrogen-bond acceptors (Lipinski definition) is 3. The van der Waals surface area contributed by atoms with E-state index < -0.39 is 0 Å². The van der Waals surface area contributed by atoms with Crippen LogP contribution in [0.15, 0.2) is 22.5 Å². The van der Waals surface area contributed by atoms with E-state index in [2.05, 4.69) is 10.6 Å². The Morgan fingerprint density at radius 3 is 2.71 bits per heavy atom. The van der Waals surface area contributed by atoms with Crippen LogP contribution in [-0.4, -0.2) is 28.7 Å². The minimum absolute atomic E-state index is 0.105. The van der Waals surface area contributed by atoms with Gasteiger partial charge in [0.2, 0.25) is 5.43 Å². The van der Waals surface area contributed by atoms with Crippen molar-refractivity contribution in [2.75, 3.05) is 14.1 Å². The molecule has 0 aromatic carbocycles. The summed E-state index contributed by atoms with van der Waals surface area (Å²) in [7, 11) is 3.89. The average molecular weight is 290 g/mol. The Balaban J connectivity index is 2.26. The first-order valence-electron chi connectivity index (χ1n) is 7.74. The zero-order valence-electron chi connectivity index (χ0n) is 13.4. The summed E-state index contributed by atoms with van der Waals surface area (Å²) in [5, 5.41) is 10.1. The van der Waals surface area contributed by atoms with Crippen molar-refractivity contribution in [3.05, 3.63) is 39.3 Å². The summed E-state index contributed by atoms with van der Waals surface area (Å²) in [5.74, 6) is -0.105. The van der Waals surface area contributed by atoms with E-state index in [4.69, 9.17) is 0 Å². The summed E-state index contributed by atoms with van der Waals surface area (Å²) in [6.07, 6.45) is 8.32. The molecule has 21 heavy (non-hydrogen) atoms. The zero-order valence-corrected chi connectivity index (χ0v) is 13.4. The summed E-state index contributed by atoms with van der Waals surface area (Å²) >= 11 is 0. The van der Waals surface area contributed by atoms with Gasteiger partial charge in [-0.3, -0.25) is 4.79 Å². The van der Waals surface area contributed by atoms with E-state index in [0.29, 0.717) is 6.54 Å². The highest BCUT2D eigenvalue weighted by Gasteiger charge is 2.14. The Bertz CT molecular complexity index is 585. The predicted molar refractivity (Wildman–Crippen MR) is 85.7 cm³/mol. The molecule has 1 heterocycles. The van der Waals surface area contributed by atoms with Crippen LogP contribution in [0.4, 0.5) is 0 Å². The van der Waals surface area contributed by atoms with Crippen molar-refractivity contribution in [3.8, 4) is 5.75 Å². The molecular formula is C17H26N2O2. The van der Waals surface area contributed by atoms with Gasteiger partial charge < -0.3 is 14.6 Å². The molecule has 1 aliphatic carbocycles. The van der Waals surface area contributed by atoms with Gasteiger partial charge in [0, 0.05) is 24.8 Å². The van der Waals surface area contributed by atoms with E-state index in [9.17, 15) is 9.90 Å². The molecule has 2 rings (SSSR count). The molecule has 1 N–H and O–H groups in total. The minimum atomic E-state index is -0.280. The fourth-order valence-corrected chi connectivity index (χ4v) is 2.98. The third kappa shape index (κ3) is 3.97. The van der Waals surface area contributed by atoms with Gasteiger partial charge in [-0.1, -0.05) is 11.6 Å². The number of pyridine rings is 1. The molecule has 1 aliphatic rings. The molecule has 0 atom stereocenters. The summed E-state index contributed by atoms with van der Waals surface area (Å²) in [6, 6.07) is 1.53. The van der Waals surface area contributed by atoms with Crippen molar-refractivity contribution in [2.45, 2.75) is 52.1 Å². The summed E-state index contributed by atoms with van der Waals surface area (Å²) in [4.78, 5) is 13.8. The molecule has 0 bridgehead atoms. The maximum Gasteiger partial charge on any atom is 0.223 e. The lowest BCUT2D eigenvalue weighted by atomic mass is 9.97. The van der Waals surface area contributed by atoms with Crippen molar-refractivity contribution in [3.63, 3.8) is 0 Å².